The third kappa shape index (κ3) is 3.84. The smallest absolute Gasteiger partial charge is 0.265 e. The van der Waals surface area contributed by atoms with Crippen molar-refractivity contribution in [3.05, 3.63) is 40.3 Å². The number of carbonyl (C=O) groups excluding carboxylic acids is 2. The quantitative estimate of drug-likeness (QED) is 0.559. The van der Waals surface area contributed by atoms with Crippen molar-refractivity contribution in [2.75, 3.05) is 25.6 Å². The van der Waals surface area contributed by atoms with Gasteiger partial charge < -0.3 is 4.90 Å². The highest BCUT2D eigenvalue weighted by Crippen LogP contribution is 2.31. The third-order valence-electron chi connectivity index (χ3n) is 4.52. The van der Waals surface area contributed by atoms with Crippen molar-refractivity contribution >= 4 is 56.0 Å². The zero-order chi connectivity index (χ0) is 19.1. The van der Waals surface area contributed by atoms with Gasteiger partial charge >= 0.3 is 0 Å². The lowest BCUT2D eigenvalue weighted by Crippen LogP contribution is -2.37. The Morgan fingerprint density at radius 1 is 1.35 bits per heavy atom. The second kappa shape index (κ2) is 7.13. The van der Waals surface area contributed by atoms with E-state index in [2.05, 4.69) is 0 Å². The van der Waals surface area contributed by atoms with Gasteiger partial charge in [0.05, 0.1) is 16.4 Å². The van der Waals surface area contributed by atoms with Crippen LogP contribution in [0.2, 0.25) is 0 Å². The number of benzene rings is 1. The van der Waals surface area contributed by atoms with Crippen molar-refractivity contribution in [2.45, 2.75) is 12.5 Å². The number of sulfone groups is 1. The van der Waals surface area contributed by atoms with Crippen molar-refractivity contribution in [1.82, 2.24) is 9.80 Å². The van der Waals surface area contributed by atoms with Gasteiger partial charge in [-0.15, -0.1) is 0 Å². The average Bonchev–Trinajstić information content (AvgIpc) is 3.09. The molecule has 0 saturated carbocycles. The SMILES string of the molecule is CN1C(=O)/C(=C/c2ccc(C(=O)N(C)[C@@H]3CCS(=O)(=O)C3)cc2)SC1=S. The Morgan fingerprint density at radius 2 is 2.00 bits per heavy atom. The molecule has 2 aliphatic rings. The number of likely N-dealkylation sites (N-methyl/N-ethyl adjacent to an activating group) is 1. The van der Waals surface area contributed by atoms with Crippen LogP contribution in [-0.2, 0) is 14.6 Å². The van der Waals surface area contributed by atoms with Crippen LogP contribution in [0, 0.1) is 0 Å². The molecule has 2 aliphatic heterocycles. The number of hydrogen-bond donors (Lipinski definition) is 0. The molecule has 3 rings (SSSR count). The zero-order valence-corrected chi connectivity index (χ0v) is 16.8. The van der Waals surface area contributed by atoms with Gasteiger partial charge in [-0.05, 0) is 30.2 Å². The van der Waals surface area contributed by atoms with Gasteiger partial charge in [0.15, 0.2) is 9.84 Å². The molecule has 138 valence electrons. The van der Waals surface area contributed by atoms with Gasteiger partial charge in [-0.2, -0.15) is 0 Å². The van der Waals surface area contributed by atoms with Gasteiger partial charge in [-0.25, -0.2) is 8.42 Å². The molecule has 2 heterocycles. The lowest BCUT2D eigenvalue weighted by molar-refractivity contribution is -0.121. The first-order valence-corrected chi connectivity index (χ1v) is 11.0. The summed E-state index contributed by atoms with van der Waals surface area (Å²) in [7, 11) is 0.231. The third-order valence-corrected chi connectivity index (χ3v) is 7.75. The van der Waals surface area contributed by atoms with Gasteiger partial charge in [-0.1, -0.05) is 36.1 Å². The molecule has 6 nitrogen and oxygen atoms in total. The number of nitrogens with zero attached hydrogens (tertiary/aromatic N) is 2. The number of rotatable bonds is 3. The molecule has 9 heteroatoms. The van der Waals surface area contributed by atoms with Gasteiger partial charge in [0.2, 0.25) is 0 Å². The van der Waals surface area contributed by atoms with Crippen molar-refractivity contribution in [2.24, 2.45) is 0 Å². The summed E-state index contributed by atoms with van der Waals surface area (Å²) in [6, 6.07) is 6.60. The zero-order valence-electron chi connectivity index (χ0n) is 14.3. The van der Waals surface area contributed by atoms with Crippen LogP contribution in [0.25, 0.3) is 6.08 Å². The Bertz CT molecular complexity index is 906. The molecule has 0 bridgehead atoms. The van der Waals surface area contributed by atoms with E-state index in [4.69, 9.17) is 12.2 Å². The number of thiocarbonyl (C=S) groups is 1. The first-order chi connectivity index (χ1) is 12.2. The average molecular weight is 411 g/mol. The van der Waals surface area contributed by atoms with Gasteiger partial charge in [0, 0.05) is 25.7 Å². The Labute approximate surface area is 162 Å². The fourth-order valence-electron chi connectivity index (χ4n) is 2.87. The van der Waals surface area contributed by atoms with Gasteiger partial charge in [0.25, 0.3) is 11.8 Å². The van der Waals surface area contributed by atoms with Crippen molar-refractivity contribution in [3.8, 4) is 0 Å². The molecule has 1 aromatic carbocycles. The molecule has 2 amide bonds. The van der Waals surface area contributed by atoms with Crippen LogP contribution in [0.5, 0.6) is 0 Å². The molecule has 26 heavy (non-hydrogen) atoms. The Hall–Kier alpha value is -1.71. The minimum atomic E-state index is -3.04. The Kier molecular flexibility index (Phi) is 5.23. The molecule has 1 atom stereocenters. The molecule has 1 aromatic rings. The predicted molar refractivity (Wildman–Crippen MR) is 107 cm³/mol. The van der Waals surface area contributed by atoms with Gasteiger partial charge in [0.1, 0.15) is 4.32 Å². The molecule has 0 N–H and O–H groups in total. The molecule has 2 saturated heterocycles. The lowest BCUT2D eigenvalue weighted by Gasteiger charge is -2.23. The number of carbonyl (C=O) groups is 2. The topological polar surface area (TPSA) is 74.8 Å². The maximum absolute atomic E-state index is 12.6. The van der Waals surface area contributed by atoms with Crippen LogP contribution in [0.15, 0.2) is 29.2 Å². The summed E-state index contributed by atoms with van der Waals surface area (Å²) in [5, 5.41) is 0. The summed E-state index contributed by atoms with van der Waals surface area (Å²) in [6.07, 6.45) is 2.21. The Balaban J connectivity index is 1.72. The fourth-order valence-corrected chi connectivity index (χ4v) is 5.82. The molecule has 2 fully saturated rings. The monoisotopic (exact) mass is 410 g/mol. The van der Waals surface area contributed by atoms with E-state index in [1.807, 2.05) is 0 Å². The van der Waals surface area contributed by atoms with Crippen LogP contribution in [0.4, 0.5) is 0 Å². The van der Waals surface area contributed by atoms with Crippen LogP contribution < -0.4 is 0 Å². The highest BCUT2D eigenvalue weighted by atomic mass is 32.2. The van der Waals surface area contributed by atoms with E-state index in [0.29, 0.717) is 21.2 Å². The van der Waals surface area contributed by atoms with Crippen molar-refractivity contribution in [1.29, 1.82) is 0 Å². The largest absolute Gasteiger partial charge is 0.338 e. The molecular weight excluding hydrogens is 392 g/mol. The summed E-state index contributed by atoms with van der Waals surface area (Å²) in [5.74, 6) is -0.198. The Morgan fingerprint density at radius 3 is 2.50 bits per heavy atom. The standard InChI is InChI=1S/C17H18N2O4S3/c1-18(13-7-8-26(22,23)10-13)15(20)12-5-3-11(4-6-12)9-14-16(21)19(2)17(24)25-14/h3-6,9,13H,7-8,10H2,1-2H3/b14-9-/t13-/m1/s1. The minimum Gasteiger partial charge on any atom is -0.338 e. The number of hydrogen-bond acceptors (Lipinski definition) is 6. The van der Waals surface area contributed by atoms with Crippen LogP contribution in [0.3, 0.4) is 0 Å². The van der Waals surface area contributed by atoms with E-state index < -0.39 is 9.84 Å². The van der Waals surface area contributed by atoms with Crippen molar-refractivity contribution in [3.63, 3.8) is 0 Å². The second-order valence-electron chi connectivity index (χ2n) is 6.34. The summed E-state index contributed by atoms with van der Waals surface area (Å²) >= 11 is 6.34. The second-order valence-corrected chi connectivity index (χ2v) is 10.2. The fraction of sp³-hybridized carbons (Fsp3) is 0.353. The van der Waals surface area contributed by atoms with Gasteiger partial charge in [-0.3, -0.25) is 14.5 Å². The first kappa shape index (κ1) is 19.1. The number of thioether (sulfide) groups is 1. The number of amides is 2. The van der Waals surface area contributed by atoms with E-state index in [9.17, 15) is 18.0 Å². The lowest BCUT2D eigenvalue weighted by atomic mass is 10.1. The molecule has 0 spiro atoms. The maximum atomic E-state index is 12.6. The van der Waals surface area contributed by atoms with E-state index in [1.165, 1.54) is 21.6 Å². The molecule has 0 unspecified atom stereocenters. The van der Waals surface area contributed by atoms with Crippen molar-refractivity contribution < 1.29 is 18.0 Å². The molecular formula is C17H18N2O4S3. The minimum absolute atomic E-state index is 0.0200. The maximum Gasteiger partial charge on any atom is 0.265 e. The van der Waals surface area contributed by atoms with E-state index >= 15 is 0 Å². The van der Waals surface area contributed by atoms with E-state index in [-0.39, 0.29) is 29.4 Å². The highest BCUT2D eigenvalue weighted by Gasteiger charge is 2.33. The van der Waals surface area contributed by atoms with Crippen LogP contribution in [0.1, 0.15) is 22.3 Å². The van der Waals surface area contributed by atoms with E-state index in [1.54, 1.807) is 44.4 Å². The summed E-state index contributed by atoms with van der Waals surface area (Å²) in [4.78, 5) is 28.1. The normalized spacial score (nSPS) is 23.7. The molecule has 0 radical (unpaired) electrons. The molecule has 0 aliphatic carbocycles. The van der Waals surface area contributed by atoms with Crippen LogP contribution >= 0.6 is 24.0 Å². The molecule has 0 aromatic heterocycles. The highest BCUT2D eigenvalue weighted by molar-refractivity contribution is 8.26. The first-order valence-electron chi connectivity index (χ1n) is 7.97. The van der Waals surface area contributed by atoms with E-state index in [0.717, 1.165) is 5.56 Å². The summed E-state index contributed by atoms with van der Waals surface area (Å²) in [6.45, 7) is 0. The predicted octanol–water partition coefficient (Wildman–Crippen LogP) is 1.78. The summed E-state index contributed by atoms with van der Waals surface area (Å²) in [5.41, 5.74) is 1.28. The summed E-state index contributed by atoms with van der Waals surface area (Å²) < 4.78 is 23.7. The van der Waals surface area contributed by atoms with Crippen LogP contribution in [-0.4, -0.2) is 66.0 Å².